The van der Waals surface area contributed by atoms with Gasteiger partial charge in [-0.2, -0.15) is 4.31 Å². The lowest BCUT2D eigenvalue weighted by Gasteiger charge is -2.21. The molecule has 0 spiro atoms. The Bertz CT molecular complexity index is 870. The van der Waals surface area contributed by atoms with Gasteiger partial charge in [0.05, 0.1) is 6.61 Å². The summed E-state index contributed by atoms with van der Waals surface area (Å²) in [6.45, 7) is 6.40. The van der Waals surface area contributed by atoms with Crippen LogP contribution in [0, 0.1) is 0 Å². The average Bonchev–Trinajstić information content (AvgIpc) is 3.03. The Hall–Kier alpha value is -2.32. The van der Waals surface area contributed by atoms with Crippen LogP contribution in [0.1, 0.15) is 31.3 Å². The molecule has 1 N–H and O–H groups in total. The van der Waals surface area contributed by atoms with Crippen molar-refractivity contribution in [1.29, 1.82) is 0 Å². The third-order valence-corrected chi connectivity index (χ3v) is 6.07. The summed E-state index contributed by atoms with van der Waals surface area (Å²) >= 11 is 0. The van der Waals surface area contributed by atoms with E-state index in [1.165, 1.54) is 10.4 Å². The predicted molar refractivity (Wildman–Crippen MR) is 101 cm³/mol. The minimum absolute atomic E-state index is 0.0488. The maximum absolute atomic E-state index is 12.9. The molecule has 1 aromatic heterocycles. The fraction of sp³-hybridized carbons (Fsp3) is 0.389. The summed E-state index contributed by atoms with van der Waals surface area (Å²) in [6, 6.07) is 8.11. The monoisotopic (exact) mass is 379 g/mol. The zero-order valence-corrected chi connectivity index (χ0v) is 16.3. The number of aromatic nitrogens is 1. The van der Waals surface area contributed by atoms with Crippen molar-refractivity contribution in [2.24, 2.45) is 7.05 Å². The molecule has 0 fully saturated rings. The molecule has 2 aromatic rings. The van der Waals surface area contributed by atoms with E-state index in [1.807, 2.05) is 0 Å². The number of hydrogen-bond acceptors (Lipinski definition) is 4. The molecule has 0 aliphatic rings. The van der Waals surface area contributed by atoms with Crippen molar-refractivity contribution < 1.29 is 17.9 Å². The van der Waals surface area contributed by atoms with Crippen LogP contribution in [-0.2, 0) is 17.1 Å². The third kappa shape index (κ3) is 4.08. The van der Waals surface area contributed by atoms with Crippen molar-refractivity contribution in [3.63, 3.8) is 0 Å². The van der Waals surface area contributed by atoms with Crippen molar-refractivity contribution in [3.05, 3.63) is 42.2 Å². The molecule has 0 aliphatic heterocycles. The van der Waals surface area contributed by atoms with Gasteiger partial charge >= 0.3 is 0 Å². The largest absolute Gasteiger partial charge is 0.492 e. The van der Waals surface area contributed by atoms with Gasteiger partial charge in [0, 0.05) is 32.0 Å². The quantitative estimate of drug-likeness (QED) is 0.765. The van der Waals surface area contributed by atoms with Gasteiger partial charge in [-0.3, -0.25) is 4.79 Å². The number of hydrogen-bond donors (Lipinski definition) is 1. The van der Waals surface area contributed by atoms with E-state index in [0.29, 0.717) is 31.1 Å². The van der Waals surface area contributed by atoms with Gasteiger partial charge in [-0.1, -0.05) is 13.8 Å². The lowest BCUT2D eigenvalue weighted by atomic mass is 10.3. The van der Waals surface area contributed by atoms with Crippen LogP contribution in [0.4, 0.5) is 5.69 Å². The van der Waals surface area contributed by atoms with E-state index in [4.69, 9.17) is 4.74 Å². The highest BCUT2D eigenvalue weighted by molar-refractivity contribution is 7.89. The molecule has 2 rings (SSSR count). The number of carbonyl (C=O) groups excluding carboxylic acids is 1. The predicted octanol–water partition coefficient (Wildman–Crippen LogP) is 2.71. The smallest absolute Gasteiger partial charge is 0.272 e. The molecule has 0 saturated heterocycles. The lowest BCUT2D eigenvalue weighted by molar-refractivity contribution is 0.101. The molecule has 8 heteroatoms. The van der Waals surface area contributed by atoms with Crippen LogP contribution >= 0.6 is 0 Å². The summed E-state index contributed by atoms with van der Waals surface area (Å²) in [7, 11) is -1.96. The van der Waals surface area contributed by atoms with Crippen LogP contribution in [-0.4, -0.2) is 42.9 Å². The van der Waals surface area contributed by atoms with E-state index >= 15 is 0 Å². The highest BCUT2D eigenvalue weighted by Crippen LogP contribution is 2.30. The van der Waals surface area contributed by atoms with Gasteiger partial charge in [-0.05, 0) is 37.3 Å². The lowest BCUT2D eigenvalue weighted by Crippen LogP contribution is -2.31. The van der Waals surface area contributed by atoms with E-state index in [-0.39, 0.29) is 16.6 Å². The summed E-state index contributed by atoms with van der Waals surface area (Å²) in [5.74, 6) is -0.0379. The summed E-state index contributed by atoms with van der Waals surface area (Å²) in [4.78, 5) is 12.4. The first-order valence-electron chi connectivity index (χ1n) is 8.54. The van der Waals surface area contributed by atoms with E-state index in [9.17, 15) is 13.2 Å². The molecule has 142 valence electrons. The Morgan fingerprint density at radius 1 is 1.19 bits per heavy atom. The number of aryl methyl sites for hydroxylation is 1. The summed E-state index contributed by atoms with van der Waals surface area (Å²) in [6.07, 6.45) is 1.77. The highest BCUT2D eigenvalue weighted by Gasteiger charge is 2.26. The van der Waals surface area contributed by atoms with Crippen LogP contribution in [0.3, 0.4) is 0 Å². The second-order valence-electron chi connectivity index (χ2n) is 5.64. The van der Waals surface area contributed by atoms with Crippen LogP contribution in [0.2, 0.25) is 0 Å². The Morgan fingerprint density at radius 3 is 2.42 bits per heavy atom. The van der Waals surface area contributed by atoms with Crippen molar-refractivity contribution in [3.8, 4) is 5.75 Å². The van der Waals surface area contributed by atoms with E-state index < -0.39 is 10.0 Å². The minimum atomic E-state index is -3.72. The minimum Gasteiger partial charge on any atom is -0.492 e. The van der Waals surface area contributed by atoms with Gasteiger partial charge < -0.3 is 14.6 Å². The van der Waals surface area contributed by atoms with E-state index in [1.54, 1.807) is 62.8 Å². The maximum Gasteiger partial charge on any atom is 0.272 e. The zero-order chi connectivity index (χ0) is 19.3. The number of nitrogens with one attached hydrogen (secondary N) is 1. The Kier molecular flexibility index (Phi) is 6.44. The van der Waals surface area contributed by atoms with Crippen LogP contribution in [0.15, 0.2) is 41.4 Å². The van der Waals surface area contributed by atoms with Crippen LogP contribution in [0.25, 0.3) is 0 Å². The van der Waals surface area contributed by atoms with E-state index in [2.05, 4.69) is 5.32 Å². The molecule has 0 saturated carbocycles. The molecule has 0 bridgehead atoms. The van der Waals surface area contributed by atoms with Crippen molar-refractivity contribution in [2.45, 2.75) is 25.7 Å². The Balaban J connectivity index is 2.42. The van der Waals surface area contributed by atoms with Crippen molar-refractivity contribution in [2.75, 3.05) is 25.0 Å². The van der Waals surface area contributed by atoms with Gasteiger partial charge in [0.15, 0.2) is 0 Å². The van der Waals surface area contributed by atoms with Crippen LogP contribution < -0.4 is 10.1 Å². The summed E-state index contributed by atoms with van der Waals surface area (Å²) in [5.41, 5.74) is 0.873. The first-order valence-corrected chi connectivity index (χ1v) is 9.98. The number of rotatable bonds is 8. The number of carbonyl (C=O) groups is 1. The van der Waals surface area contributed by atoms with E-state index in [0.717, 1.165) is 0 Å². The molecule has 0 radical (unpaired) electrons. The first-order chi connectivity index (χ1) is 12.3. The normalized spacial score (nSPS) is 11.6. The third-order valence-electron chi connectivity index (χ3n) is 4.00. The van der Waals surface area contributed by atoms with Crippen molar-refractivity contribution in [1.82, 2.24) is 8.87 Å². The second kappa shape index (κ2) is 8.37. The number of ether oxygens (including phenoxy) is 1. The molecule has 1 amide bonds. The number of nitrogens with zero attached hydrogens (tertiary/aromatic N) is 2. The number of benzene rings is 1. The second-order valence-corrected chi connectivity index (χ2v) is 7.55. The molecule has 26 heavy (non-hydrogen) atoms. The van der Waals surface area contributed by atoms with Gasteiger partial charge in [-0.15, -0.1) is 0 Å². The number of amides is 1. The number of anilines is 1. The van der Waals surface area contributed by atoms with Gasteiger partial charge in [0.1, 0.15) is 16.3 Å². The zero-order valence-electron chi connectivity index (χ0n) is 15.5. The maximum atomic E-state index is 12.9. The topological polar surface area (TPSA) is 80.6 Å². The van der Waals surface area contributed by atoms with Gasteiger partial charge in [-0.25, -0.2) is 8.42 Å². The SMILES string of the molecule is CCOc1ccc(NC(=O)c2cccn2C)cc1S(=O)(=O)N(CC)CC. The Labute approximate surface area is 154 Å². The van der Waals surface area contributed by atoms with Gasteiger partial charge in [0.25, 0.3) is 5.91 Å². The molecule has 0 unspecified atom stereocenters. The Morgan fingerprint density at radius 2 is 1.88 bits per heavy atom. The fourth-order valence-corrected chi connectivity index (χ4v) is 4.27. The molecule has 0 atom stereocenters. The molecule has 1 heterocycles. The van der Waals surface area contributed by atoms with Crippen LogP contribution in [0.5, 0.6) is 5.75 Å². The molecule has 1 aromatic carbocycles. The fourth-order valence-electron chi connectivity index (χ4n) is 2.66. The molecule has 7 nitrogen and oxygen atoms in total. The molecular formula is C18H25N3O4S. The highest BCUT2D eigenvalue weighted by atomic mass is 32.2. The molecule has 0 aliphatic carbocycles. The summed E-state index contributed by atoms with van der Waals surface area (Å²) in [5, 5.41) is 2.74. The number of sulfonamides is 1. The van der Waals surface area contributed by atoms with Crippen molar-refractivity contribution >= 4 is 21.6 Å². The summed E-state index contributed by atoms with van der Waals surface area (Å²) < 4.78 is 34.4. The standard InChI is InChI=1S/C18H25N3O4S/c1-5-21(6-2)26(23,24)17-13-14(10-11-16(17)25-7-3)19-18(22)15-9-8-12-20(15)4/h8-13H,5-7H2,1-4H3,(H,19,22). The average molecular weight is 379 g/mol. The first kappa shape index (κ1) is 20.0. The van der Waals surface area contributed by atoms with Gasteiger partial charge in [0.2, 0.25) is 10.0 Å². The molecular weight excluding hydrogens is 354 g/mol.